The van der Waals surface area contributed by atoms with E-state index in [1.807, 2.05) is 17.0 Å². The van der Waals surface area contributed by atoms with Crippen molar-refractivity contribution in [1.29, 1.82) is 0 Å². The topological polar surface area (TPSA) is 104 Å². The first kappa shape index (κ1) is 15.8. The number of carbonyl (C=O) groups excluding carboxylic acids is 2. The Morgan fingerprint density at radius 1 is 1.25 bits per heavy atom. The van der Waals surface area contributed by atoms with Crippen LogP contribution >= 0.6 is 11.3 Å². The molecule has 2 amide bonds. The summed E-state index contributed by atoms with van der Waals surface area (Å²) in [5.74, 6) is 0.553. The molecule has 140 valence electrons. The fourth-order valence-corrected chi connectivity index (χ4v) is 5.08. The maximum atomic E-state index is 12.7. The number of aromatic nitrogens is 3. The molecule has 2 N–H and O–H groups in total. The van der Waals surface area contributed by atoms with Crippen LogP contribution in [-0.2, 0) is 0 Å². The molecule has 1 aliphatic carbocycles. The Morgan fingerprint density at radius 2 is 2.11 bits per heavy atom. The highest BCUT2D eigenvalue weighted by molar-refractivity contribution is 7.20. The average Bonchev–Trinajstić information content (AvgIpc) is 3.28. The van der Waals surface area contributed by atoms with E-state index in [9.17, 15) is 9.59 Å². The lowest BCUT2D eigenvalue weighted by atomic mass is 10.2. The van der Waals surface area contributed by atoms with E-state index in [-0.39, 0.29) is 17.9 Å². The number of rotatable bonds is 3. The summed E-state index contributed by atoms with van der Waals surface area (Å²) >= 11 is 1.46. The molecular weight excluding hydrogens is 378 g/mol. The Labute approximate surface area is 162 Å². The standard InChI is InChI=1S/C19H15N5O3S/c25-18(10-3-9-6-21-23-17(9)20-5-10)22-16-11-7-24(8-12(11)16)19(26)15-4-13-14(28-15)1-2-27-13/h1-6,11-12,16H,7-8H2,(H,22,25)(H,20,21,23)/t11-,12+,16?. The number of nitrogens with one attached hydrogen (secondary N) is 2. The van der Waals surface area contributed by atoms with E-state index in [1.54, 1.807) is 24.7 Å². The van der Waals surface area contributed by atoms with E-state index in [2.05, 4.69) is 20.5 Å². The molecule has 3 atom stereocenters. The van der Waals surface area contributed by atoms with Crippen LogP contribution in [0.15, 0.2) is 41.3 Å². The quantitative estimate of drug-likeness (QED) is 0.556. The zero-order chi connectivity index (χ0) is 18.8. The van der Waals surface area contributed by atoms with Crippen LogP contribution in [0.5, 0.6) is 0 Å². The minimum atomic E-state index is -0.133. The molecule has 6 rings (SSSR count). The molecule has 2 aliphatic rings. The summed E-state index contributed by atoms with van der Waals surface area (Å²) < 4.78 is 6.33. The molecule has 4 aromatic rings. The average molecular weight is 393 g/mol. The normalized spacial score (nSPS) is 23.3. The van der Waals surface area contributed by atoms with E-state index >= 15 is 0 Å². The van der Waals surface area contributed by atoms with Gasteiger partial charge < -0.3 is 14.6 Å². The summed E-state index contributed by atoms with van der Waals surface area (Å²) in [5.41, 5.74) is 1.94. The highest BCUT2D eigenvalue weighted by Crippen LogP contribution is 2.46. The number of nitrogens with zero attached hydrogens (tertiary/aromatic N) is 3. The molecule has 0 radical (unpaired) electrons. The number of amides is 2. The van der Waals surface area contributed by atoms with E-state index < -0.39 is 0 Å². The zero-order valence-electron chi connectivity index (χ0n) is 14.6. The van der Waals surface area contributed by atoms with E-state index in [0.29, 0.717) is 41.0 Å². The van der Waals surface area contributed by atoms with Crippen molar-refractivity contribution in [2.45, 2.75) is 6.04 Å². The third kappa shape index (κ3) is 2.36. The molecule has 9 heteroatoms. The highest BCUT2D eigenvalue weighted by Gasteiger charge is 2.57. The predicted octanol–water partition coefficient (Wildman–Crippen LogP) is 2.27. The van der Waals surface area contributed by atoms with Crippen molar-refractivity contribution < 1.29 is 14.0 Å². The van der Waals surface area contributed by atoms with Gasteiger partial charge in [-0.1, -0.05) is 0 Å². The SMILES string of the molecule is O=C(NC1[C@H]2CN(C(=O)c3cc4occc4s3)C[C@@H]12)c1cnc2[nH]ncc2c1. The number of hydrogen-bond donors (Lipinski definition) is 2. The van der Waals surface area contributed by atoms with Crippen molar-refractivity contribution >= 4 is 44.5 Å². The summed E-state index contributed by atoms with van der Waals surface area (Å²) in [5, 5.41) is 10.6. The van der Waals surface area contributed by atoms with E-state index in [4.69, 9.17) is 4.42 Å². The number of hydrogen-bond acceptors (Lipinski definition) is 6. The monoisotopic (exact) mass is 393 g/mol. The van der Waals surface area contributed by atoms with Crippen LogP contribution in [0, 0.1) is 11.8 Å². The number of thiophene rings is 1. The molecule has 0 aromatic carbocycles. The predicted molar refractivity (Wildman–Crippen MR) is 102 cm³/mol. The third-order valence-electron chi connectivity index (χ3n) is 5.68. The van der Waals surface area contributed by atoms with Crippen LogP contribution in [0.3, 0.4) is 0 Å². The number of furan rings is 1. The Balaban J connectivity index is 1.10. The van der Waals surface area contributed by atoms with E-state index in [0.717, 1.165) is 15.7 Å². The molecule has 5 heterocycles. The van der Waals surface area contributed by atoms with Gasteiger partial charge in [0.25, 0.3) is 11.8 Å². The second-order valence-electron chi connectivity index (χ2n) is 7.33. The highest BCUT2D eigenvalue weighted by atomic mass is 32.1. The van der Waals surface area contributed by atoms with E-state index in [1.165, 1.54) is 11.3 Å². The molecule has 2 fully saturated rings. The summed E-state index contributed by atoms with van der Waals surface area (Å²) in [6, 6.07) is 5.59. The Hall–Kier alpha value is -3.20. The van der Waals surface area contributed by atoms with Crippen molar-refractivity contribution in [2.75, 3.05) is 13.1 Å². The van der Waals surface area contributed by atoms with Crippen LogP contribution in [0.25, 0.3) is 21.3 Å². The van der Waals surface area contributed by atoms with Gasteiger partial charge in [-0.25, -0.2) is 4.98 Å². The Bertz CT molecular complexity index is 1200. The van der Waals surface area contributed by atoms with Gasteiger partial charge in [0.1, 0.15) is 5.58 Å². The second kappa shape index (κ2) is 5.65. The largest absolute Gasteiger partial charge is 0.463 e. The third-order valence-corrected chi connectivity index (χ3v) is 6.75. The van der Waals surface area contributed by atoms with Gasteiger partial charge in [-0.15, -0.1) is 11.3 Å². The maximum absolute atomic E-state index is 12.7. The molecule has 0 bridgehead atoms. The van der Waals surface area contributed by atoms with Gasteiger partial charge in [-0.3, -0.25) is 14.7 Å². The number of piperidine rings is 1. The summed E-state index contributed by atoms with van der Waals surface area (Å²) in [4.78, 5) is 32.0. The van der Waals surface area contributed by atoms with Crippen molar-refractivity contribution in [3.63, 3.8) is 0 Å². The summed E-state index contributed by atoms with van der Waals surface area (Å²) in [6.45, 7) is 1.35. The fourth-order valence-electron chi connectivity index (χ4n) is 4.13. The number of pyridine rings is 1. The maximum Gasteiger partial charge on any atom is 0.264 e. The van der Waals surface area contributed by atoms with Gasteiger partial charge >= 0.3 is 0 Å². The summed E-state index contributed by atoms with van der Waals surface area (Å²) in [6.07, 6.45) is 4.83. The van der Waals surface area contributed by atoms with Gasteiger partial charge in [0.2, 0.25) is 0 Å². The molecule has 1 saturated carbocycles. The zero-order valence-corrected chi connectivity index (χ0v) is 15.4. The van der Waals surface area contributed by atoms with Crippen molar-refractivity contribution in [1.82, 2.24) is 25.4 Å². The molecule has 1 unspecified atom stereocenters. The van der Waals surface area contributed by atoms with Crippen LogP contribution in [0.1, 0.15) is 20.0 Å². The van der Waals surface area contributed by atoms with Gasteiger partial charge in [-0.05, 0) is 12.1 Å². The first-order valence-corrected chi connectivity index (χ1v) is 9.85. The van der Waals surface area contributed by atoms with Gasteiger partial charge in [0.05, 0.1) is 27.6 Å². The van der Waals surface area contributed by atoms with Crippen molar-refractivity contribution in [3.8, 4) is 0 Å². The van der Waals surface area contributed by atoms with Gasteiger partial charge in [0, 0.05) is 48.6 Å². The lowest BCUT2D eigenvalue weighted by molar-refractivity contribution is 0.0774. The van der Waals surface area contributed by atoms with Gasteiger partial charge in [0.15, 0.2) is 5.65 Å². The molecule has 4 aromatic heterocycles. The molecule has 8 nitrogen and oxygen atoms in total. The van der Waals surface area contributed by atoms with Crippen molar-refractivity contribution in [2.24, 2.45) is 11.8 Å². The Morgan fingerprint density at radius 3 is 2.93 bits per heavy atom. The number of aromatic amines is 1. The molecular formula is C19H15N5O3S. The minimum absolute atomic E-state index is 0.0447. The van der Waals surface area contributed by atoms with Gasteiger partial charge in [-0.2, -0.15) is 5.10 Å². The van der Waals surface area contributed by atoms with Crippen LogP contribution in [-0.4, -0.2) is 51.0 Å². The first-order chi connectivity index (χ1) is 13.7. The number of fused-ring (bicyclic) bond motifs is 3. The number of H-pyrrole nitrogens is 1. The Kier molecular flexibility index (Phi) is 3.19. The number of likely N-dealkylation sites (tertiary alicyclic amines) is 1. The second-order valence-corrected chi connectivity index (χ2v) is 8.41. The van der Waals surface area contributed by atoms with Crippen LogP contribution < -0.4 is 5.32 Å². The minimum Gasteiger partial charge on any atom is -0.463 e. The summed E-state index contributed by atoms with van der Waals surface area (Å²) in [7, 11) is 0. The molecule has 0 spiro atoms. The lowest BCUT2D eigenvalue weighted by Crippen LogP contribution is -2.37. The number of carbonyl (C=O) groups is 2. The lowest BCUT2D eigenvalue weighted by Gasteiger charge is -2.19. The fraction of sp³-hybridized carbons (Fsp3) is 0.263. The van der Waals surface area contributed by atoms with Crippen LogP contribution in [0.4, 0.5) is 0 Å². The van der Waals surface area contributed by atoms with Crippen LogP contribution in [0.2, 0.25) is 0 Å². The molecule has 1 saturated heterocycles. The first-order valence-electron chi connectivity index (χ1n) is 9.04. The van der Waals surface area contributed by atoms with Crippen molar-refractivity contribution in [3.05, 3.63) is 47.3 Å². The smallest absolute Gasteiger partial charge is 0.264 e. The molecule has 1 aliphatic heterocycles. The molecule has 28 heavy (non-hydrogen) atoms.